The first-order valence-electron chi connectivity index (χ1n) is 9.49. The highest BCUT2D eigenvalue weighted by Gasteiger charge is 2.30. The molecular formula is C22H17F3N2O3S2. The van der Waals surface area contributed by atoms with Gasteiger partial charge in [-0.25, -0.2) is 9.97 Å². The molecule has 0 saturated heterocycles. The number of carboxylic acids is 1. The summed E-state index contributed by atoms with van der Waals surface area (Å²) in [5.74, 6) is -0.270. The predicted molar refractivity (Wildman–Crippen MR) is 117 cm³/mol. The summed E-state index contributed by atoms with van der Waals surface area (Å²) in [4.78, 5) is 20.6. The first kappa shape index (κ1) is 22.2. The summed E-state index contributed by atoms with van der Waals surface area (Å²) >= 11 is 2.69. The Balaban J connectivity index is 1.52. The van der Waals surface area contributed by atoms with Gasteiger partial charge in [-0.15, -0.1) is 22.7 Å². The second-order valence-corrected chi connectivity index (χ2v) is 9.35. The van der Waals surface area contributed by atoms with Crippen molar-refractivity contribution in [1.82, 2.24) is 9.97 Å². The maximum absolute atomic E-state index is 12.8. The molecule has 2 heterocycles. The Kier molecular flexibility index (Phi) is 5.91. The molecule has 2 aromatic heterocycles. The molecular weight excluding hydrogens is 461 g/mol. The smallest absolute Gasteiger partial charge is 0.416 e. The minimum Gasteiger partial charge on any atom is -0.488 e. The second kappa shape index (κ2) is 8.51. The van der Waals surface area contributed by atoms with Crippen LogP contribution in [0.2, 0.25) is 0 Å². The number of aromatic nitrogens is 2. The lowest BCUT2D eigenvalue weighted by molar-refractivity contribution is -0.138. The Morgan fingerprint density at radius 2 is 1.81 bits per heavy atom. The summed E-state index contributed by atoms with van der Waals surface area (Å²) < 4.78 is 45.2. The van der Waals surface area contributed by atoms with Gasteiger partial charge in [-0.05, 0) is 43.7 Å². The molecule has 2 aromatic carbocycles. The molecule has 1 N–H and O–H groups in total. The highest BCUT2D eigenvalue weighted by Crippen LogP contribution is 2.34. The molecule has 4 rings (SSSR count). The molecule has 0 aliphatic carbocycles. The fraction of sp³-hybridized carbons (Fsp3) is 0.227. The lowest BCUT2D eigenvalue weighted by Gasteiger charge is -2.08. The molecule has 0 spiro atoms. The van der Waals surface area contributed by atoms with Gasteiger partial charge in [-0.3, -0.25) is 4.79 Å². The number of benzene rings is 2. The molecule has 0 radical (unpaired) electrons. The number of thiazole rings is 2. The van der Waals surface area contributed by atoms with Gasteiger partial charge >= 0.3 is 12.1 Å². The molecule has 166 valence electrons. The Bertz CT molecular complexity index is 1290. The molecule has 0 unspecified atom stereocenters. The van der Waals surface area contributed by atoms with E-state index in [1.54, 1.807) is 0 Å². The van der Waals surface area contributed by atoms with Gasteiger partial charge in [0.15, 0.2) is 0 Å². The lowest BCUT2D eigenvalue weighted by atomic mass is 10.1. The molecule has 0 atom stereocenters. The number of halogens is 3. The SMILES string of the molecule is Cc1cc2nc(CC(=O)O)sc2cc1OCc1sc(-c2ccc(C(F)(F)F)cc2)nc1C. The van der Waals surface area contributed by atoms with E-state index in [-0.39, 0.29) is 13.0 Å². The van der Waals surface area contributed by atoms with Crippen molar-refractivity contribution in [2.75, 3.05) is 0 Å². The maximum atomic E-state index is 12.8. The topological polar surface area (TPSA) is 72.3 Å². The molecule has 0 saturated carbocycles. The van der Waals surface area contributed by atoms with Crippen molar-refractivity contribution < 1.29 is 27.8 Å². The number of ether oxygens (including phenoxy) is 1. The molecule has 0 aliphatic rings. The van der Waals surface area contributed by atoms with Crippen molar-refractivity contribution in [1.29, 1.82) is 0 Å². The van der Waals surface area contributed by atoms with Gasteiger partial charge in [0, 0.05) is 5.56 Å². The van der Waals surface area contributed by atoms with Crippen LogP contribution in [0.15, 0.2) is 36.4 Å². The van der Waals surface area contributed by atoms with Crippen LogP contribution in [0.5, 0.6) is 5.75 Å². The predicted octanol–water partition coefficient (Wildman–Crippen LogP) is 6.26. The fourth-order valence-corrected chi connectivity index (χ4v) is 5.05. The quantitative estimate of drug-likeness (QED) is 0.354. The van der Waals surface area contributed by atoms with E-state index in [9.17, 15) is 18.0 Å². The van der Waals surface area contributed by atoms with Gasteiger partial charge in [0.2, 0.25) is 0 Å². The average Bonchev–Trinajstić information content (AvgIpc) is 3.27. The molecule has 5 nitrogen and oxygen atoms in total. The molecule has 0 amide bonds. The van der Waals surface area contributed by atoms with Crippen molar-refractivity contribution in [3.8, 4) is 16.3 Å². The van der Waals surface area contributed by atoms with Crippen molar-refractivity contribution in [2.45, 2.75) is 33.1 Å². The van der Waals surface area contributed by atoms with E-state index in [0.717, 1.165) is 38.5 Å². The first-order chi connectivity index (χ1) is 15.1. The van der Waals surface area contributed by atoms with E-state index in [4.69, 9.17) is 9.84 Å². The van der Waals surface area contributed by atoms with E-state index in [1.807, 2.05) is 26.0 Å². The van der Waals surface area contributed by atoms with Crippen LogP contribution in [0.4, 0.5) is 13.2 Å². The average molecular weight is 479 g/mol. The summed E-state index contributed by atoms with van der Waals surface area (Å²) in [6.45, 7) is 3.98. The van der Waals surface area contributed by atoms with E-state index in [2.05, 4.69) is 9.97 Å². The van der Waals surface area contributed by atoms with Crippen molar-refractivity contribution in [3.63, 3.8) is 0 Å². The van der Waals surface area contributed by atoms with Crippen LogP contribution >= 0.6 is 22.7 Å². The number of fused-ring (bicyclic) bond motifs is 1. The maximum Gasteiger partial charge on any atom is 0.416 e. The van der Waals surface area contributed by atoms with Crippen LogP contribution in [-0.4, -0.2) is 21.0 Å². The summed E-state index contributed by atoms with van der Waals surface area (Å²) in [5.41, 5.74) is 2.28. The number of hydrogen-bond acceptors (Lipinski definition) is 6. The van der Waals surface area contributed by atoms with Crippen LogP contribution in [0, 0.1) is 13.8 Å². The highest BCUT2D eigenvalue weighted by molar-refractivity contribution is 7.18. The number of carboxylic acid groups (broad SMARTS) is 1. The minimum absolute atomic E-state index is 0.124. The Morgan fingerprint density at radius 1 is 1.09 bits per heavy atom. The van der Waals surface area contributed by atoms with Crippen molar-refractivity contribution in [3.05, 3.63) is 63.1 Å². The zero-order chi connectivity index (χ0) is 23.0. The van der Waals surface area contributed by atoms with E-state index < -0.39 is 17.7 Å². The molecule has 0 aliphatic heterocycles. The van der Waals surface area contributed by atoms with Crippen molar-refractivity contribution in [2.24, 2.45) is 0 Å². The normalized spacial score (nSPS) is 11.8. The Morgan fingerprint density at radius 3 is 2.47 bits per heavy atom. The third-order valence-electron chi connectivity index (χ3n) is 4.74. The van der Waals surface area contributed by atoms with Crippen LogP contribution in [0.25, 0.3) is 20.8 Å². The third kappa shape index (κ3) is 4.76. The third-order valence-corrected chi connectivity index (χ3v) is 6.94. The van der Waals surface area contributed by atoms with Gasteiger partial charge in [0.05, 0.1) is 32.8 Å². The van der Waals surface area contributed by atoms with E-state index in [1.165, 1.54) is 34.8 Å². The Hall–Kier alpha value is -2.98. The Labute approximate surface area is 189 Å². The molecule has 0 bridgehead atoms. The highest BCUT2D eigenvalue weighted by atomic mass is 32.1. The first-order valence-corrected chi connectivity index (χ1v) is 11.1. The summed E-state index contributed by atoms with van der Waals surface area (Å²) in [5, 5.41) is 10.1. The van der Waals surface area contributed by atoms with E-state index >= 15 is 0 Å². The van der Waals surface area contributed by atoms with Crippen molar-refractivity contribution >= 4 is 38.9 Å². The van der Waals surface area contributed by atoms with Gasteiger partial charge in [0.25, 0.3) is 0 Å². The van der Waals surface area contributed by atoms with Crippen LogP contribution in [-0.2, 0) is 24.0 Å². The number of nitrogens with zero attached hydrogens (tertiary/aromatic N) is 2. The lowest BCUT2D eigenvalue weighted by Crippen LogP contribution is -2.03. The number of rotatable bonds is 6. The number of carbonyl (C=O) groups is 1. The standard InChI is InChI=1S/C22H17F3N2O3S2/c1-11-7-15-17(31-19(27-15)9-20(28)29)8-16(11)30-10-18-12(2)26-21(32-18)13-3-5-14(6-4-13)22(23,24)25/h3-8H,9-10H2,1-2H3,(H,28,29). The fourth-order valence-electron chi connectivity index (χ4n) is 3.10. The summed E-state index contributed by atoms with van der Waals surface area (Å²) in [6.07, 6.45) is -4.50. The summed E-state index contributed by atoms with van der Waals surface area (Å²) in [7, 11) is 0. The zero-order valence-corrected chi connectivity index (χ0v) is 18.6. The van der Waals surface area contributed by atoms with Gasteiger partial charge in [-0.2, -0.15) is 13.2 Å². The van der Waals surface area contributed by atoms with Gasteiger partial charge < -0.3 is 9.84 Å². The van der Waals surface area contributed by atoms with Crippen LogP contribution in [0.3, 0.4) is 0 Å². The summed E-state index contributed by atoms with van der Waals surface area (Å²) in [6, 6.07) is 8.65. The van der Waals surface area contributed by atoms with E-state index in [0.29, 0.717) is 21.3 Å². The number of hydrogen-bond donors (Lipinski definition) is 1. The molecule has 4 aromatic rings. The monoisotopic (exact) mass is 478 g/mol. The van der Waals surface area contributed by atoms with Gasteiger partial charge in [-0.1, -0.05) is 12.1 Å². The second-order valence-electron chi connectivity index (χ2n) is 7.15. The minimum atomic E-state index is -4.37. The zero-order valence-electron chi connectivity index (χ0n) is 17.0. The molecule has 0 fully saturated rings. The number of aryl methyl sites for hydroxylation is 2. The molecule has 32 heavy (non-hydrogen) atoms. The number of alkyl halides is 3. The number of aliphatic carboxylic acids is 1. The van der Waals surface area contributed by atoms with Crippen LogP contribution in [0.1, 0.15) is 26.7 Å². The largest absolute Gasteiger partial charge is 0.488 e. The molecule has 10 heteroatoms. The van der Waals surface area contributed by atoms with Crippen LogP contribution < -0.4 is 4.74 Å². The van der Waals surface area contributed by atoms with Gasteiger partial charge in [0.1, 0.15) is 22.4 Å².